The van der Waals surface area contributed by atoms with Gasteiger partial charge < -0.3 is 10.1 Å². The molecule has 2 nitrogen and oxygen atoms in total. The van der Waals surface area contributed by atoms with Gasteiger partial charge in [-0.2, -0.15) is 0 Å². The smallest absolute Gasteiger partial charge is 0.133 e. The van der Waals surface area contributed by atoms with Gasteiger partial charge in [-0.15, -0.1) is 0 Å². The molecule has 0 aliphatic rings. The second-order valence-corrected chi connectivity index (χ2v) is 4.75. The number of benzene rings is 1. The molecule has 3 heteroatoms. The number of ether oxygens (including phenoxy) is 1. The molecular weight excluding hydrogens is 266 g/mol. The first-order valence-corrected chi connectivity index (χ1v) is 6.64. The minimum absolute atomic E-state index is 0.600. The largest absolute Gasteiger partial charge is 0.492 e. The van der Waals surface area contributed by atoms with Crippen LogP contribution in [0.2, 0.25) is 0 Å². The number of para-hydroxylation sites is 1. The summed E-state index contributed by atoms with van der Waals surface area (Å²) in [7, 11) is 0. The van der Waals surface area contributed by atoms with Crippen molar-refractivity contribution < 1.29 is 4.74 Å². The van der Waals surface area contributed by atoms with Gasteiger partial charge >= 0.3 is 0 Å². The fourth-order valence-corrected chi connectivity index (χ4v) is 1.71. The van der Waals surface area contributed by atoms with E-state index in [2.05, 4.69) is 35.1 Å². The highest BCUT2D eigenvalue weighted by molar-refractivity contribution is 9.10. The molecule has 0 aromatic heterocycles. The predicted molar refractivity (Wildman–Crippen MR) is 72.0 cm³/mol. The number of nitrogens with one attached hydrogen (secondary N) is 1. The second kappa shape index (κ2) is 7.69. The molecule has 0 fully saturated rings. The molecule has 0 unspecified atom stereocenters. The zero-order valence-electron chi connectivity index (χ0n) is 10.0. The van der Waals surface area contributed by atoms with Crippen molar-refractivity contribution in [3.8, 4) is 5.75 Å². The molecule has 1 aromatic rings. The quantitative estimate of drug-likeness (QED) is 0.773. The third kappa shape index (κ3) is 4.99. The van der Waals surface area contributed by atoms with Crippen molar-refractivity contribution in [2.24, 2.45) is 0 Å². The van der Waals surface area contributed by atoms with Crippen LogP contribution in [-0.2, 0) is 0 Å². The molecule has 0 amide bonds. The molecular formula is C13H20BrNO. The highest BCUT2D eigenvalue weighted by atomic mass is 79.9. The first-order chi connectivity index (χ1) is 7.74. The Hall–Kier alpha value is -0.540. The van der Waals surface area contributed by atoms with E-state index >= 15 is 0 Å². The van der Waals surface area contributed by atoms with E-state index in [1.165, 1.54) is 6.42 Å². The molecule has 16 heavy (non-hydrogen) atoms. The van der Waals surface area contributed by atoms with E-state index in [1.54, 1.807) is 0 Å². The van der Waals surface area contributed by atoms with Crippen LogP contribution >= 0.6 is 15.9 Å². The Morgan fingerprint density at radius 1 is 1.38 bits per heavy atom. The zero-order valence-corrected chi connectivity index (χ0v) is 11.6. The van der Waals surface area contributed by atoms with E-state index in [0.717, 1.165) is 29.8 Å². The van der Waals surface area contributed by atoms with Crippen LogP contribution in [0.15, 0.2) is 28.7 Å². The van der Waals surface area contributed by atoms with E-state index in [0.29, 0.717) is 6.04 Å². The predicted octanol–water partition coefficient (Wildman–Crippen LogP) is 3.61. The van der Waals surface area contributed by atoms with Gasteiger partial charge in [0, 0.05) is 6.04 Å². The van der Waals surface area contributed by atoms with Crippen molar-refractivity contribution in [3.05, 3.63) is 28.7 Å². The molecule has 1 atom stereocenters. The van der Waals surface area contributed by atoms with Crippen LogP contribution in [0.5, 0.6) is 5.75 Å². The van der Waals surface area contributed by atoms with E-state index in [1.807, 2.05) is 24.3 Å². The van der Waals surface area contributed by atoms with Crippen molar-refractivity contribution in [2.75, 3.05) is 13.2 Å². The Kier molecular flexibility index (Phi) is 6.50. The maximum absolute atomic E-state index is 5.67. The Balaban J connectivity index is 2.14. The van der Waals surface area contributed by atoms with Gasteiger partial charge in [0.2, 0.25) is 0 Å². The molecule has 1 N–H and O–H groups in total. The lowest BCUT2D eigenvalue weighted by Gasteiger charge is -2.11. The summed E-state index contributed by atoms with van der Waals surface area (Å²) >= 11 is 3.46. The number of hydrogen-bond acceptors (Lipinski definition) is 2. The van der Waals surface area contributed by atoms with Gasteiger partial charge in [-0.1, -0.05) is 19.1 Å². The van der Waals surface area contributed by atoms with Gasteiger partial charge in [0.05, 0.1) is 11.1 Å². The van der Waals surface area contributed by atoms with Crippen molar-refractivity contribution in [3.63, 3.8) is 0 Å². The molecule has 1 rings (SSSR count). The third-order valence-electron chi connectivity index (χ3n) is 2.52. The van der Waals surface area contributed by atoms with Gasteiger partial charge in [0.15, 0.2) is 0 Å². The average molecular weight is 286 g/mol. The summed E-state index contributed by atoms with van der Waals surface area (Å²) in [6.07, 6.45) is 2.21. The fourth-order valence-electron chi connectivity index (χ4n) is 1.31. The van der Waals surface area contributed by atoms with Gasteiger partial charge in [-0.05, 0) is 54.4 Å². The lowest BCUT2D eigenvalue weighted by atomic mass is 10.2. The molecule has 0 saturated heterocycles. The summed E-state index contributed by atoms with van der Waals surface area (Å²) in [5.74, 6) is 0.922. The summed E-state index contributed by atoms with van der Waals surface area (Å²) in [4.78, 5) is 0. The van der Waals surface area contributed by atoms with Gasteiger partial charge in [-0.3, -0.25) is 0 Å². The van der Waals surface area contributed by atoms with Crippen LogP contribution in [0.3, 0.4) is 0 Å². The fraction of sp³-hybridized carbons (Fsp3) is 0.538. The highest BCUT2D eigenvalue weighted by Gasteiger charge is 1.99. The number of rotatable bonds is 7. The maximum atomic E-state index is 5.67. The highest BCUT2D eigenvalue weighted by Crippen LogP contribution is 2.23. The Morgan fingerprint density at radius 3 is 2.81 bits per heavy atom. The van der Waals surface area contributed by atoms with Crippen LogP contribution in [0.25, 0.3) is 0 Å². The van der Waals surface area contributed by atoms with Crippen molar-refractivity contribution in [1.29, 1.82) is 0 Å². The van der Waals surface area contributed by atoms with Crippen LogP contribution < -0.4 is 10.1 Å². The summed E-state index contributed by atoms with van der Waals surface area (Å²) in [5, 5.41) is 3.44. The van der Waals surface area contributed by atoms with Crippen LogP contribution in [0.1, 0.15) is 26.7 Å². The standard InChI is InChI=1S/C13H20BrNO/c1-3-11(2)15-9-6-10-16-13-8-5-4-7-12(13)14/h4-5,7-8,11,15H,3,6,9-10H2,1-2H3/t11-/m1/s1. The second-order valence-electron chi connectivity index (χ2n) is 3.90. The first-order valence-electron chi connectivity index (χ1n) is 5.84. The van der Waals surface area contributed by atoms with Crippen molar-refractivity contribution >= 4 is 15.9 Å². The minimum atomic E-state index is 0.600. The topological polar surface area (TPSA) is 21.3 Å². The van der Waals surface area contributed by atoms with Gasteiger partial charge in [0.25, 0.3) is 0 Å². The molecule has 90 valence electrons. The van der Waals surface area contributed by atoms with E-state index in [9.17, 15) is 0 Å². The van der Waals surface area contributed by atoms with Gasteiger partial charge in [0.1, 0.15) is 5.75 Å². The maximum Gasteiger partial charge on any atom is 0.133 e. The van der Waals surface area contributed by atoms with E-state index in [-0.39, 0.29) is 0 Å². The average Bonchev–Trinajstić information content (AvgIpc) is 2.30. The lowest BCUT2D eigenvalue weighted by Crippen LogP contribution is -2.27. The minimum Gasteiger partial charge on any atom is -0.492 e. The summed E-state index contributed by atoms with van der Waals surface area (Å²) in [6, 6.07) is 8.54. The third-order valence-corrected chi connectivity index (χ3v) is 3.18. The molecule has 0 aliphatic carbocycles. The lowest BCUT2D eigenvalue weighted by molar-refractivity contribution is 0.303. The summed E-state index contributed by atoms with van der Waals surface area (Å²) in [6.45, 7) is 6.16. The SMILES string of the molecule is CC[C@@H](C)NCCCOc1ccccc1Br. The molecule has 0 spiro atoms. The van der Waals surface area contributed by atoms with E-state index < -0.39 is 0 Å². The summed E-state index contributed by atoms with van der Waals surface area (Å²) < 4.78 is 6.68. The molecule has 1 aromatic carbocycles. The summed E-state index contributed by atoms with van der Waals surface area (Å²) in [5.41, 5.74) is 0. The molecule has 0 heterocycles. The molecule has 0 saturated carbocycles. The van der Waals surface area contributed by atoms with Crippen molar-refractivity contribution in [2.45, 2.75) is 32.7 Å². The molecule has 0 bridgehead atoms. The Bertz CT molecular complexity index is 304. The first kappa shape index (κ1) is 13.5. The van der Waals surface area contributed by atoms with Gasteiger partial charge in [-0.25, -0.2) is 0 Å². The van der Waals surface area contributed by atoms with Crippen LogP contribution in [0, 0.1) is 0 Å². The zero-order chi connectivity index (χ0) is 11.8. The monoisotopic (exact) mass is 285 g/mol. The Morgan fingerprint density at radius 2 is 2.12 bits per heavy atom. The number of hydrogen-bond donors (Lipinski definition) is 1. The number of halogens is 1. The van der Waals surface area contributed by atoms with Crippen LogP contribution in [-0.4, -0.2) is 19.2 Å². The van der Waals surface area contributed by atoms with Crippen molar-refractivity contribution in [1.82, 2.24) is 5.32 Å². The van der Waals surface area contributed by atoms with E-state index in [4.69, 9.17) is 4.74 Å². The molecule has 0 radical (unpaired) electrons. The Labute approximate surface area is 107 Å². The normalized spacial score (nSPS) is 12.4. The molecule has 0 aliphatic heterocycles. The van der Waals surface area contributed by atoms with Crippen LogP contribution in [0.4, 0.5) is 0 Å².